The van der Waals surface area contributed by atoms with Crippen molar-refractivity contribution < 1.29 is 4.92 Å². The fourth-order valence-electron chi connectivity index (χ4n) is 2.77. The zero-order chi connectivity index (χ0) is 12.3. The number of non-ortho nitro benzene ring substituents is 1. The lowest BCUT2D eigenvalue weighted by molar-refractivity contribution is -0.384. The van der Waals surface area contributed by atoms with Crippen LogP contribution in [0.3, 0.4) is 0 Å². The van der Waals surface area contributed by atoms with Crippen LogP contribution >= 0.6 is 0 Å². The summed E-state index contributed by atoms with van der Waals surface area (Å²) in [6.45, 7) is 2.26. The second-order valence-corrected chi connectivity index (χ2v) is 4.97. The molecule has 0 heterocycles. The molecule has 1 aromatic carbocycles. The number of nitro groups is 1. The van der Waals surface area contributed by atoms with Gasteiger partial charge < -0.3 is 0 Å². The molecule has 3 nitrogen and oxygen atoms in total. The van der Waals surface area contributed by atoms with E-state index < -0.39 is 0 Å². The molecule has 0 radical (unpaired) electrons. The predicted octanol–water partition coefficient (Wildman–Crippen LogP) is 4.28. The average Bonchev–Trinajstić information content (AvgIpc) is 2.39. The summed E-state index contributed by atoms with van der Waals surface area (Å²) in [5, 5.41) is 10.6. The number of rotatable bonds is 3. The van der Waals surface area contributed by atoms with Crippen molar-refractivity contribution >= 4 is 5.69 Å². The molecule has 0 unspecified atom stereocenters. The van der Waals surface area contributed by atoms with Gasteiger partial charge in [0.2, 0.25) is 0 Å². The van der Waals surface area contributed by atoms with Crippen molar-refractivity contribution in [3.05, 3.63) is 39.9 Å². The summed E-state index contributed by atoms with van der Waals surface area (Å²) in [5.41, 5.74) is 1.46. The van der Waals surface area contributed by atoms with Crippen molar-refractivity contribution in [2.45, 2.75) is 44.9 Å². The third-order valence-electron chi connectivity index (χ3n) is 4.00. The summed E-state index contributed by atoms with van der Waals surface area (Å²) >= 11 is 0. The van der Waals surface area contributed by atoms with Gasteiger partial charge in [0.05, 0.1) is 4.92 Å². The van der Waals surface area contributed by atoms with Crippen molar-refractivity contribution in [2.24, 2.45) is 5.92 Å². The second kappa shape index (κ2) is 5.30. The number of hydrogen-bond acceptors (Lipinski definition) is 2. The maximum atomic E-state index is 10.6. The molecule has 92 valence electrons. The smallest absolute Gasteiger partial charge is 0.258 e. The van der Waals surface area contributed by atoms with Crippen LogP contribution < -0.4 is 0 Å². The van der Waals surface area contributed by atoms with Gasteiger partial charge in [-0.05, 0) is 43.1 Å². The van der Waals surface area contributed by atoms with Crippen LogP contribution in [0.4, 0.5) is 5.69 Å². The molecule has 1 aromatic rings. The lowest BCUT2D eigenvalue weighted by atomic mass is 9.78. The van der Waals surface area contributed by atoms with Crippen LogP contribution in [0.1, 0.15) is 50.5 Å². The van der Waals surface area contributed by atoms with Crippen molar-refractivity contribution in [3.8, 4) is 0 Å². The molecule has 1 saturated carbocycles. The molecule has 0 aliphatic heterocycles. The minimum atomic E-state index is -0.336. The van der Waals surface area contributed by atoms with Crippen LogP contribution in [-0.2, 0) is 0 Å². The molecule has 0 spiro atoms. The zero-order valence-corrected chi connectivity index (χ0v) is 10.3. The Morgan fingerprint density at radius 1 is 1.18 bits per heavy atom. The molecular weight excluding hydrogens is 214 g/mol. The summed E-state index contributed by atoms with van der Waals surface area (Å²) in [4.78, 5) is 10.2. The van der Waals surface area contributed by atoms with E-state index in [1.54, 1.807) is 12.1 Å². The molecule has 0 aromatic heterocycles. The number of benzene rings is 1. The van der Waals surface area contributed by atoms with E-state index in [4.69, 9.17) is 0 Å². The zero-order valence-electron chi connectivity index (χ0n) is 10.3. The van der Waals surface area contributed by atoms with E-state index in [-0.39, 0.29) is 10.6 Å². The van der Waals surface area contributed by atoms with Crippen molar-refractivity contribution in [1.29, 1.82) is 0 Å². The molecule has 17 heavy (non-hydrogen) atoms. The lowest BCUT2D eigenvalue weighted by Gasteiger charge is -2.27. The highest BCUT2D eigenvalue weighted by atomic mass is 16.6. The molecule has 3 heteroatoms. The summed E-state index contributed by atoms with van der Waals surface area (Å²) in [5.74, 6) is 1.50. The Morgan fingerprint density at radius 2 is 1.76 bits per heavy atom. The highest BCUT2D eigenvalue weighted by Gasteiger charge is 2.21. The summed E-state index contributed by atoms with van der Waals surface area (Å²) in [6.07, 6.45) is 6.36. The summed E-state index contributed by atoms with van der Waals surface area (Å²) < 4.78 is 0. The van der Waals surface area contributed by atoms with Crippen molar-refractivity contribution in [3.63, 3.8) is 0 Å². The maximum absolute atomic E-state index is 10.6. The van der Waals surface area contributed by atoms with E-state index >= 15 is 0 Å². The largest absolute Gasteiger partial charge is 0.269 e. The van der Waals surface area contributed by atoms with Gasteiger partial charge in [0.15, 0.2) is 0 Å². The molecule has 1 aliphatic carbocycles. The minimum Gasteiger partial charge on any atom is -0.258 e. The van der Waals surface area contributed by atoms with E-state index in [0.29, 0.717) is 5.92 Å². The van der Waals surface area contributed by atoms with Gasteiger partial charge in [-0.25, -0.2) is 0 Å². The van der Waals surface area contributed by atoms with Crippen LogP contribution in [-0.4, -0.2) is 4.92 Å². The molecule has 1 fully saturated rings. The first kappa shape index (κ1) is 12.1. The maximum Gasteiger partial charge on any atom is 0.269 e. The van der Waals surface area contributed by atoms with Crippen LogP contribution in [0.25, 0.3) is 0 Å². The first-order valence-electron chi connectivity index (χ1n) is 6.45. The van der Waals surface area contributed by atoms with E-state index in [9.17, 15) is 10.1 Å². The fraction of sp³-hybridized carbons (Fsp3) is 0.571. The Bertz CT molecular complexity index is 378. The normalized spacial score (nSPS) is 24.5. The predicted molar refractivity (Wildman–Crippen MR) is 68.1 cm³/mol. The Morgan fingerprint density at radius 3 is 2.24 bits per heavy atom. The second-order valence-electron chi connectivity index (χ2n) is 4.97. The molecule has 0 N–H and O–H groups in total. The summed E-state index contributed by atoms with van der Waals surface area (Å²) in [7, 11) is 0. The van der Waals surface area contributed by atoms with Gasteiger partial charge in [-0.15, -0.1) is 0 Å². The van der Waals surface area contributed by atoms with Gasteiger partial charge in [-0.2, -0.15) is 0 Å². The van der Waals surface area contributed by atoms with E-state index in [2.05, 4.69) is 6.92 Å². The molecule has 0 saturated heterocycles. The van der Waals surface area contributed by atoms with Crippen LogP contribution in [0, 0.1) is 16.0 Å². The van der Waals surface area contributed by atoms with E-state index in [0.717, 1.165) is 5.92 Å². The van der Waals surface area contributed by atoms with Crippen LogP contribution in [0.15, 0.2) is 24.3 Å². The van der Waals surface area contributed by atoms with E-state index in [1.165, 1.54) is 37.7 Å². The molecule has 0 bridgehead atoms. The number of nitro benzene ring substituents is 1. The third kappa shape index (κ3) is 2.84. The molecule has 0 amide bonds. The van der Waals surface area contributed by atoms with Gasteiger partial charge in [-0.3, -0.25) is 10.1 Å². The first-order chi connectivity index (χ1) is 8.20. The van der Waals surface area contributed by atoms with Gasteiger partial charge in [-0.1, -0.05) is 25.5 Å². The molecule has 0 atom stereocenters. The topological polar surface area (TPSA) is 43.1 Å². The van der Waals surface area contributed by atoms with Gasteiger partial charge in [0.25, 0.3) is 5.69 Å². The lowest BCUT2D eigenvalue weighted by Crippen LogP contribution is -2.12. The highest BCUT2D eigenvalue weighted by Crippen LogP contribution is 2.37. The van der Waals surface area contributed by atoms with Gasteiger partial charge >= 0.3 is 0 Å². The number of hydrogen-bond donors (Lipinski definition) is 0. The Kier molecular flexibility index (Phi) is 3.77. The quantitative estimate of drug-likeness (QED) is 0.577. The molecule has 1 aliphatic rings. The summed E-state index contributed by atoms with van der Waals surface area (Å²) in [6, 6.07) is 7.10. The fourth-order valence-corrected chi connectivity index (χ4v) is 2.77. The van der Waals surface area contributed by atoms with Gasteiger partial charge in [0.1, 0.15) is 0 Å². The Labute approximate surface area is 102 Å². The van der Waals surface area contributed by atoms with Crippen LogP contribution in [0.5, 0.6) is 0 Å². The van der Waals surface area contributed by atoms with Crippen molar-refractivity contribution in [1.82, 2.24) is 0 Å². The Balaban J connectivity index is 2.01. The molecular formula is C14H19NO2. The monoisotopic (exact) mass is 233 g/mol. The SMILES string of the molecule is CCC1CCC(c2ccc([N+](=O)[O-])cc2)CC1. The standard InChI is InChI=1S/C14H19NO2/c1-2-11-3-5-12(6-4-11)13-7-9-14(10-8-13)15(16)17/h7-12H,2-6H2,1H3. The first-order valence-corrected chi connectivity index (χ1v) is 6.45. The minimum absolute atomic E-state index is 0.191. The highest BCUT2D eigenvalue weighted by molar-refractivity contribution is 5.34. The Hall–Kier alpha value is -1.38. The van der Waals surface area contributed by atoms with Gasteiger partial charge in [0, 0.05) is 12.1 Å². The molecule has 2 rings (SSSR count). The third-order valence-corrected chi connectivity index (χ3v) is 4.00. The number of nitrogens with zero attached hydrogens (tertiary/aromatic N) is 1. The van der Waals surface area contributed by atoms with Crippen molar-refractivity contribution in [2.75, 3.05) is 0 Å². The average molecular weight is 233 g/mol. The van der Waals surface area contributed by atoms with E-state index in [1.807, 2.05) is 12.1 Å². The van der Waals surface area contributed by atoms with Crippen LogP contribution in [0.2, 0.25) is 0 Å².